The average molecular weight is 381 g/mol. The molecule has 2 heterocycles. The molecule has 1 N–H and O–H groups in total. The first-order chi connectivity index (χ1) is 13.7. The van der Waals surface area contributed by atoms with Gasteiger partial charge in [0.05, 0.1) is 31.6 Å². The van der Waals surface area contributed by atoms with E-state index in [-0.39, 0.29) is 12.5 Å². The predicted molar refractivity (Wildman–Crippen MR) is 104 cm³/mol. The normalized spacial score (nSPS) is 10.6. The van der Waals surface area contributed by atoms with Crippen LogP contribution in [-0.4, -0.2) is 36.2 Å². The van der Waals surface area contributed by atoms with Crippen LogP contribution in [0.5, 0.6) is 5.88 Å². The smallest absolute Gasteiger partial charge is 0.319 e. The van der Waals surface area contributed by atoms with E-state index in [4.69, 9.17) is 9.15 Å². The van der Waals surface area contributed by atoms with Crippen LogP contribution in [0.25, 0.3) is 11.5 Å². The Labute approximate surface area is 163 Å². The molecule has 0 aliphatic heterocycles. The number of oxazole rings is 1. The Morgan fingerprint density at radius 1 is 1.11 bits per heavy atom. The van der Waals surface area contributed by atoms with Crippen molar-refractivity contribution in [3.05, 3.63) is 65.7 Å². The van der Waals surface area contributed by atoms with Gasteiger partial charge in [0.25, 0.3) is 0 Å². The molecule has 0 aliphatic carbocycles. The maximum atomic E-state index is 11.1. The summed E-state index contributed by atoms with van der Waals surface area (Å²) < 4.78 is 16.1. The second-order valence-electron chi connectivity index (χ2n) is 6.13. The van der Waals surface area contributed by atoms with Crippen molar-refractivity contribution in [2.45, 2.75) is 19.9 Å². The molecule has 0 aliphatic rings. The van der Waals surface area contributed by atoms with E-state index in [2.05, 4.69) is 20.0 Å². The number of aromatic nitrogens is 2. The number of esters is 1. The number of carbonyl (C=O) groups excluding carboxylic acids is 1. The molecule has 7 nitrogen and oxygen atoms in total. The van der Waals surface area contributed by atoms with E-state index in [9.17, 15) is 4.79 Å². The molecule has 0 amide bonds. The van der Waals surface area contributed by atoms with Gasteiger partial charge >= 0.3 is 5.97 Å². The zero-order valence-electron chi connectivity index (χ0n) is 16.0. The third-order valence-corrected chi connectivity index (χ3v) is 4.09. The number of benzene rings is 1. The average Bonchev–Trinajstić information content (AvgIpc) is 3.09. The van der Waals surface area contributed by atoms with Crippen molar-refractivity contribution in [1.82, 2.24) is 15.3 Å². The third-order valence-electron chi connectivity index (χ3n) is 4.09. The van der Waals surface area contributed by atoms with Gasteiger partial charge in [-0.3, -0.25) is 4.79 Å². The van der Waals surface area contributed by atoms with Gasteiger partial charge < -0.3 is 19.2 Å². The molecule has 0 spiro atoms. The van der Waals surface area contributed by atoms with Gasteiger partial charge in [0, 0.05) is 24.6 Å². The number of carbonyl (C=O) groups is 1. The number of nitrogens with one attached hydrogen (secondary N) is 1. The first-order valence-electron chi connectivity index (χ1n) is 9.03. The highest BCUT2D eigenvalue weighted by Gasteiger charge is 2.11. The highest BCUT2D eigenvalue weighted by molar-refractivity contribution is 5.71. The van der Waals surface area contributed by atoms with E-state index in [1.807, 2.05) is 49.4 Å². The second-order valence-corrected chi connectivity index (χ2v) is 6.13. The molecule has 3 rings (SSSR count). The summed E-state index contributed by atoms with van der Waals surface area (Å²) >= 11 is 0. The van der Waals surface area contributed by atoms with E-state index in [0.29, 0.717) is 31.3 Å². The number of aryl methyl sites for hydroxylation is 1. The molecule has 0 fully saturated rings. The van der Waals surface area contributed by atoms with Crippen molar-refractivity contribution in [2.24, 2.45) is 0 Å². The summed E-state index contributed by atoms with van der Waals surface area (Å²) in [4.78, 5) is 20.1. The van der Waals surface area contributed by atoms with Crippen molar-refractivity contribution >= 4 is 5.97 Å². The predicted octanol–water partition coefficient (Wildman–Crippen LogP) is 2.93. The van der Waals surface area contributed by atoms with Crippen LogP contribution in [0.4, 0.5) is 0 Å². The minimum atomic E-state index is -0.315. The van der Waals surface area contributed by atoms with Gasteiger partial charge in [0.15, 0.2) is 0 Å². The Balaban J connectivity index is 1.52. The highest BCUT2D eigenvalue weighted by atomic mass is 16.5. The molecular weight excluding hydrogens is 358 g/mol. The van der Waals surface area contributed by atoms with Gasteiger partial charge in [0.1, 0.15) is 5.76 Å². The molecule has 0 atom stereocenters. The van der Waals surface area contributed by atoms with Crippen LogP contribution in [0.2, 0.25) is 0 Å². The van der Waals surface area contributed by atoms with E-state index in [1.54, 1.807) is 6.07 Å². The van der Waals surface area contributed by atoms with E-state index >= 15 is 0 Å². The van der Waals surface area contributed by atoms with E-state index in [1.165, 1.54) is 7.11 Å². The lowest BCUT2D eigenvalue weighted by molar-refractivity contribution is -0.139. The Bertz CT molecular complexity index is 909. The Kier molecular flexibility index (Phi) is 6.75. The van der Waals surface area contributed by atoms with E-state index < -0.39 is 0 Å². The van der Waals surface area contributed by atoms with Crippen LogP contribution in [0.1, 0.15) is 17.1 Å². The molecule has 0 saturated heterocycles. The number of nitrogens with zero attached hydrogens (tertiary/aromatic N) is 2. The number of pyridine rings is 1. The fourth-order valence-corrected chi connectivity index (χ4v) is 2.62. The summed E-state index contributed by atoms with van der Waals surface area (Å²) in [6, 6.07) is 15.3. The SMILES string of the molecule is COC(=O)CNCc1cccc(OCCc2nc(-c3ccccc3)oc2C)n1. The fraction of sp³-hybridized carbons (Fsp3) is 0.286. The number of rotatable bonds is 9. The summed E-state index contributed by atoms with van der Waals surface area (Å²) in [7, 11) is 1.36. The number of methoxy groups -OCH3 is 1. The Morgan fingerprint density at radius 2 is 1.93 bits per heavy atom. The van der Waals surface area contributed by atoms with Crippen molar-refractivity contribution in [3.63, 3.8) is 0 Å². The molecule has 0 saturated carbocycles. The Hall–Kier alpha value is -3.19. The summed E-state index contributed by atoms with van der Waals surface area (Å²) in [5.41, 5.74) is 2.60. The molecule has 1 aromatic carbocycles. The fourth-order valence-electron chi connectivity index (χ4n) is 2.62. The van der Waals surface area contributed by atoms with Crippen LogP contribution < -0.4 is 10.1 Å². The molecule has 0 bridgehead atoms. The van der Waals surface area contributed by atoms with Crippen molar-refractivity contribution in [2.75, 3.05) is 20.3 Å². The quantitative estimate of drug-likeness (QED) is 0.570. The zero-order chi connectivity index (χ0) is 19.8. The second kappa shape index (κ2) is 9.66. The standard InChI is InChI=1S/C21H23N3O4/c1-15-18(24-21(28-15)16-7-4-3-5-8-16)11-12-27-19-10-6-9-17(23-19)13-22-14-20(25)26-2/h3-10,22H,11-14H2,1-2H3. The lowest BCUT2D eigenvalue weighted by atomic mass is 10.2. The van der Waals surface area contributed by atoms with Crippen LogP contribution in [-0.2, 0) is 22.5 Å². The van der Waals surface area contributed by atoms with Gasteiger partial charge in [-0.25, -0.2) is 9.97 Å². The van der Waals surface area contributed by atoms with Crippen LogP contribution in [0.3, 0.4) is 0 Å². The van der Waals surface area contributed by atoms with Crippen LogP contribution >= 0.6 is 0 Å². The summed E-state index contributed by atoms with van der Waals surface area (Å²) in [6.07, 6.45) is 0.620. The molecule has 3 aromatic rings. The summed E-state index contributed by atoms with van der Waals surface area (Å²) in [5, 5.41) is 2.97. The van der Waals surface area contributed by atoms with Crippen molar-refractivity contribution in [1.29, 1.82) is 0 Å². The van der Waals surface area contributed by atoms with Gasteiger partial charge in [-0.1, -0.05) is 24.3 Å². The van der Waals surface area contributed by atoms with E-state index in [0.717, 1.165) is 22.7 Å². The summed E-state index contributed by atoms with van der Waals surface area (Å²) in [5.74, 6) is 1.62. The largest absolute Gasteiger partial charge is 0.477 e. The molecule has 2 aromatic heterocycles. The van der Waals surface area contributed by atoms with Gasteiger partial charge in [0.2, 0.25) is 11.8 Å². The van der Waals surface area contributed by atoms with Gasteiger partial charge in [-0.2, -0.15) is 0 Å². The number of hydrogen-bond donors (Lipinski definition) is 1. The number of ether oxygens (including phenoxy) is 2. The minimum Gasteiger partial charge on any atom is -0.477 e. The molecule has 146 valence electrons. The molecular formula is C21H23N3O4. The highest BCUT2D eigenvalue weighted by Crippen LogP contribution is 2.21. The monoisotopic (exact) mass is 381 g/mol. The van der Waals surface area contributed by atoms with Crippen LogP contribution in [0.15, 0.2) is 52.9 Å². The Morgan fingerprint density at radius 3 is 2.71 bits per heavy atom. The molecule has 0 radical (unpaired) electrons. The minimum absolute atomic E-state index is 0.137. The van der Waals surface area contributed by atoms with Crippen molar-refractivity contribution in [3.8, 4) is 17.3 Å². The number of hydrogen-bond acceptors (Lipinski definition) is 7. The lowest BCUT2D eigenvalue weighted by Crippen LogP contribution is -2.23. The topological polar surface area (TPSA) is 86.5 Å². The lowest BCUT2D eigenvalue weighted by Gasteiger charge is -2.07. The summed E-state index contributed by atoms with van der Waals surface area (Å²) in [6.45, 7) is 2.93. The third kappa shape index (κ3) is 5.40. The molecule has 0 unspecified atom stereocenters. The van der Waals surface area contributed by atoms with Gasteiger partial charge in [-0.15, -0.1) is 0 Å². The van der Waals surface area contributed by atoms with Gasteiger partial charge in [-0.05, 0) is 25.1 Å². The maximum absolute atomic E-state index is 11.1. The zero-order valence-corrected chi connectivity index (χ0v) is 16.0. The molecule has 28 heavy (non-hydrogen) atoms. The maximum Gasteiger partial charge on any atom is 0.319 e. The first-order valence-corrected chi connectivity index (χ1v) is 9.03. The first kappa shape index (κ1) is 19.6. The molecule has 7 heteroatoms. The van der Waals surface area contributed by atoms with Crippen LogP contribution in [0, 0.1) is 6.92 Å². The van der Waals surface area contributed by atoms with Crippen molar-refractivity contribution < 1.29 is 18.7 Å².